The lowest BCUT2D eigenvalue weighted by Gasteiger charge is -2.24. The fourth-order valence-electron chi connectivity index (χ4n) is 4.18. The summed E-state index contributed by atoms with van der Waals surface area (Å²) in [4.78, 5) is 32.1. The molecule has 0 fully saturated rings. The van der Waals surface area contributed by atoms with Crippen LogP contribution in [0.4, 0.5) is 0 Å². The van der Waals surface area contributed by atoms with Crippen LogP contribution >= 0.6 is 49.9 Å². The predicted molar refractivity (Wildman–Crippen MR) is 161 cm³/mol. The van der Waals surface area contributed by atoms with Gasteiger partial charge in [0, 0.05) is 0 Å². The molecule has 1 aliphatic heterocycles. The number of hydrogen-bond donors (Lipinski definition) is 0. The van der Waals surface area contributed by atoms with E-state index in [0.29, 0.717) is 33.0 Å². The molecule has 0 unspecified atom stereocenters. The van der Waals surface area contributed by atoms with Crippen molar-refractivity contribution in [3.8, 4) is 11.5 Å². The van der Waals surface area contributed by atoms with Gasteiger partial charge in [0.15, 0.2) is 4.80 Å². The molecule has 200 valence electrons. The minimum Gasteiger partial charge on any atom is -0.494 e. The van der Waals surface area contributed by atoms with Gasteiger partial charge in [-0.15, -0.1) is 0 Å². The van der Waals surface area contributed by atoms with Crippen LogP contribution in [0.5, 0.6) is 11.5 Å². The maximum Gasteiger partial charge on any atom is 0.338 e. The summed E-state index contributed by atoms with van der Waals surface area (Å²) in [5, 5.41) is 0. The highest BCUT2D eigenvalue weighted by molar-refractivity contribution is 14.1. The van der Waals surface area contributed by atoms with Crippen LogP contribution in [0.2, 0.25) is 0 Å². The Labute approximate surface area is 247 Å². The van der Waals surface area contributed by atoms with Crippen LogP contribution < -0.4 is 24.4 Å². The summed E-state index contributed by atoms with van der Waals surface area (Å²) in [5.41, 5.74) is 2.27. The normalized spacial score (nSPS) is 15.4. The van der Waals surface area contributed by atoms with Crippen molar-refractivity contribution in [2.45, 2.75) is 46.8 Å². The van der Waals surface area contributed by atoms with Gasteiger partial charge in [-0.1, -0.05) is 23.5 Å². The lowest BCUT2D eigenvalue weighted by molar-refractivity contribution is -0.139. The molecule has 0 saturated carbocycles. The van der Waals surface area contributed by atoms with Gasteiger partial charge in [0.2, 0.25) is 0 Å². The first-order valence-corrected chi connectivity index (χ1v) is 14.9. The van der Waals surface area contributed by atoms with Crippen molar-refractivity contribution in [1.82, 2.24) is 4.57 Å². The zero-order valence-electron chi connectivity index (χ0n) is 21.7. The minimum absolute atomic E-state index is 0.0359. The fraction of sp³-hybridized carbons (Fsp3) is 0.321. The number of carbonyl (C=O) groups excluding carboxylic acids is 1. The molecule has 2 heterocycles. The van der Waals surface area contributed by atoms with E-state index >= 15 is 0 Å². The molecule has 7 nitrogen and oxygen atoms in total. The number of hydrogen-bond acceptors (Lipinski definition) is 7. The molecular formula is C28H28BrIN2O5S. The second-order valence-corrected chi connectivity index (χ2v) is 11.8. The smallest absolute Gasteiger partial charge is 0.338 e. The van der Waals surface area contributed by atoms with Crippen LogP contribution in [-0.2, 0) is 9.53 Å². The largest absolute Gasteiger partial charge is 0.494 e. The zero-order valence-corrected chi connectivity index (χ0v) is 26.3. The summed E-state index contributed by atoms with van der Waals surface area (Å²) >= 11 is 7.13. The number of fused-ring (bicyclic) bond motifs is 1. The summed E-state index contributed by atoms with van der Waals surface area (Å²) in [6, 6.07) is 10.7. The maximum absolute atomic E-state index is 13.8. The van der Waals surface area contributed by atoms with E-state index in [1.54, 1.807) is 18.4 Å². The lowest BCUT2D eigenvalue weighted by Crippen LogP contribution is -2.39. The molecule has 1 aromatic heterocycles. The van der Waals surface area contributed by atoms with Crippen LogP contribution in [0.15, 0.2) is 61.9 Å². The van der Waals surface area contributed by atoms with Gasteiger partial charge in [0.05, 0.1) is 49.2 Å². The van der Waals surface area contributed by atoms with Gasteiger partial charge < -0.3 is 14.2 Å². The van der Waals surface area contributed by atoms with Gasteiger partial charge >= 0.3 is 5.97 Å². The van der Waals surface area contributed by atoms with Gasteiger partial charge in [-0.2, -0.15) is 0 Å². The number of halogens is 2. The standard InChI is InChI=1S/C28H28BrIN2O5S/c1-6-35-19-10-8-18(9-11-19)24-23(27(34)36-7-2)16(5)31-28-32(24)26(33)22(38-28)14-17-12-20(29)25(21(30)13-17)37-15(3)4/h8-15,24H,6-7H2,1-5H3/b22-14-/t24-/m0/s1. The Hall–Kier alpha value is -2.44. The van der Waals surface area contributed by atoms with Crippen LogP contribution in [0.3, 0.4) is 0 Å². The van der Waals surface area contributed by atoms with Crippen molar-refractivity contribution >= 4 is 61.9 Å². The third-order valence-corrected chi connectivity index (χ3v) is 8.07. The highest BCUT2D eigenvalue weighted by Gasteiger charge is 2.33. The topological polar surface area (TPSA) is 79.1 Å². The zero-order chi connectivity index (χ0) is 27.6. The molecule has 2 aromatic carbocycles. The van der Waals surface area contributed by atoms with Gasteiger partial charge in [-0.05, 0) is 115 Å². The number of ether oxygens (including phenoxy) is 3. The number of benzene rings is 2. The van der Waals surface area contributed by atoms with Crippen LogP contribution in [0.1, 0.15) is 51.8 Å². The molecule has 0 N–H and O–H groups in total. The Morgan fingerprint density at radius 2 is 1.92 bits per heavy atom. The minimum atomic E-state index is -0.670. The Morgan fingerprint density at radius 3 is 2.53 bits per heavy atom. The number of thiazole rings is 1. The Kier molecular flexibility index (Phi) is 9.15. The molecule has 0 aliphatic carbocycles. The molecule has 10 heteroatoms. The number of nitrogens with zero attached hydrogens (tertiary/aromatic N) is 2. The average molecular weight is 711 g/mol. The molecule has 0 spiro atoms. The van der Waals surface area contributed by atoms with Crippen molar-refractivity contribution in [2.24, 2.45) is 4.99 Å². The Bertz CT molecular complexity index is 1550. The molecular weight excluding hydrogens is 683 g/mol. The highest BCUT2D eigenvalue weighted by Crippen LogP contribution is 2.34. The molecule has 38 heavy (non-hydrogen) atoms. The SMILES string of the molecule is CCOC(=O)C1=C(C)N=c2s/c(=C\c3cc(Br)c(OC(C)C)c(I)c3)c(=O)n2[C@H]1c1ccc(OCC)cc1. The van der Waals surface area contributed by atoms with Crippen molar-refractivity contribution in [3.63, 3.8) is 0 Å². The van der Waals surface area contributed by atoms with Crippen LogP contribution in [-0.4, -0.2) is 29.9 Å². The molecule has 0 bridgehead atoms. The van der Waals surface area contributed by atoms with Crippen molar-refractivity contribution < 1.29 is 19.0 Å². The summed E-state index contributed by atoms with van der Waals surface area (Å²) in [5.74, 6) is 0.998. The molecule has 0 radical (unpaired) electrons. The summed E-state index contributed by atoms with van der Waals surface area (Å²) in [7, 11) is 0. The van der Waals surface area contributed by atoms with E-state index in [2.05, 4.69) is 43.5 Å². The first-order chi connectivity index (χ1) is 18.1. The second kappa shape index (κ2) is 12.2. The predicted octanol–water partition coefficient (Wildman–Crippen LogP) is 5.35. The third kappa shape index (κ3) is 5.91. The number of carbonyl (C=O) groups is 1. The van der Waals surface area contributed by atoms with Gasteiger partial charge in [0.25, 0.3) is 5.56 Å². The van der Waals surface area contributed by atoms with E-state index in [1.807, 2.05) is 63.2 Å². The van der Waals surface area contributed by atoms with Crippen molar-refractivity contribution in [1.29, 1.82) is 0 Å². The van der Waals surface area contributed by atoms with E-state index in [-0.39, 0.29) is 18.3 Å². The summed E-state index contributed by atoms with van der Waals surface area (Å²) < 4.78 is 20.7. The first-order valence-electron chi connectivity index (χ1n) is 12.2. The molecule has 0 amide bonds. The average Bonchev–Trinajstić information content (AvgIpc) is 3.15. The van der Waals surface area contributed by atoms with E-state index < -0.39 is 12.0 Å². The van der Waals surface area contributed by atoms with Crippen LogP contribution in [0, 0.1) is 3.57 Å². The van der Waals surface area contributed by atoms with Crippen molar-refractivity contribution in [2.75, 3.05) is 13.2 Å². The Balaban J connectivity index is 1.88. The van der Waals surface area contributed by atoms with Crippen molar-refractivity contribution in [3.05, 3.63) is 86.5 Å². The number of rotatable bonds is 8. The second-order valence-electron chi connectivity index (χ2n) is 8.78. The molecule has 1 atom stereocenters. The van der Waals surface area contributed by atoms with E-state index in [4.69, 9.17) is 14.2 Å². The van der Waals surface area contributed by atoms with E-state index in [9.17, 15) is 9.59 Å². The summed E-state index contributed by atoms with van der Waals surface area (Å²) in [6.45, 7) is 10.2. The maximum atomic E-state index is 13.8. The third-order valence-electron chi connectivity index (χ3n) is 5.70. The van der Waals surface area contributed by atoms with E-state index in [0.717, 1.165) is 24.9 Å². The molecule has 4 rings (SSSR count). The Morgan fingerprint density at radius 1 is 1.21 bits per heavy atom. The van der Waals surface area contributed by atoms with E-state index in [1.165, 1.54) is 11.3 Å². The summed E-state index contributed by atoms with van der Waals surface area (Å²) in [6.07, 6.45) is 1.88. The quantitative estimate of drug-likeness (QED) is 0.233. The number of esters is 1. The van der Waals surface area contributed by atoms with Gasteiger partial charge in [0.1, 0.15) is 11.5 Å². The fourth-order valence-corrected chi connectivity index (χ4v) is 6.95. The first kappa shape index (κ1) is 28.6. The van der Waals surface area contributed by atoms with Crippen LogP contribution in [0.25, 0.3) is 6.08 Å². The van der Waals surface area contributed by atoms with Gasteiger partial charge in [-0.3, -0.25) is 9.36 Å². The number of aromatic nitrogens is 1. The molecule has 1 aliphatic rings. The molecule has 0 saturated heterocycles. The number of allylic oxidation sites excluding steroid dienone is 1. The monoisotopic (exact) mass is 710 g/mol. The molecule has 3 aromatic rings. The highest BCUT2D eigenvalue weighted by atomic mass is 127. The lowest BCUT2D eigenvalue weighted by atomic mass is 9.96. The van der Waals surface area contributed by atoms with Gasteiger partial charge in [-0.25, -0.2) is 9.79 Å².